The maximum Gasteiger partial charge on any atom is 0.236 e. The Morgan fingerprint density at radius 2 is 2.05 bits per heavy atom. The van der Waals surface area contributed by atoms with Crippen molar-refractivity contribution in [3.05, 3.63) is 41.5 Å². The first-order chi connectivity index (χ1) is 8.69. The van der Waals surface area contributed by atoms with Crippen LogP contribution in [0.15, 0.2) is 24.3 Å². The predicted octanol–water partition coefficient (Wildman–Crippen LogP) is 3.41. The van der Waals surface area contributed by atoms with Gasteiger partial charge in [0.05, 0.1) is 4.83 Å². The molecular formula is C15H17BrNOY-. The summed E-state index contributed by atoms with van der Waals surface area (Å²) in [6, 6.07) is 8.24. The number of rotatable bonds is 3. The van der Waals surface area contributed by atoms with E-state index in [2.05, 4.69) is 41.1 Å². The van der Waals surface area contributed by atoms with Crippen molar-refractivity contribution in [2.24, 2.45) is 0 Å². The van der Waals surface area contributed by atoms with Crippen molar-refractivity contribution < 1.29 is 37.5 Å². The molecule has 0 N–H and O–H groups in total. The monoisotopic (exact) mass is 395 g/mol. The number of hydrogen-bond acceptors (Lipinski definition) is 1. The smallest absolute Gasteiger partial charge is 0.236 e. The third-order valence-corrected chi connectivity index (χ3v) is 3.94. The molecule has 1 aromatic rings. The van der Waals surface area contributed by atoms with Gasteiger partial charge in [-0.15, -0.1) is 22.9 Å². The summed E-state index contributed by atoms with van der Waals surface area (Å²) in [5.41, 5.74) is 3.34. The summed E-state index contributed by atoms with van der Waals surface area (Å²) < 4.78 is 0. The van der Waals surface area contributed by atoms with Crippen molar-refractivity contribution >= 4 is 27.5 Å². The first-order valence-corrected chi connectivity index (χ1v) is 7.25. The zero-order chi connectivity index (χ0) is 13.1. The van der Waals surface area contributed by atoms with Crippen LogP contribution in [0.1, 0.15) is 31.4 Å². The SMILES string of the molecule is CCc1ccccc1C1=[C-]CC(Br)C(=O)N1CC.[Y]. The van der Waals surface area contributed by atoms with E-state index in [1.807, 2.05) is 24.0 Å². The Balaban J connectivity index is 0.00000180. The molecule has 1 radical (unpaired) electrons. The van der Waals surface area contributed by atoms with E-state index in [0.29, 0.717) is 13.0 Å². The van der Waals surface area contributed by atoms with Crippen molar-refractivity contribution in [2.45, 2.75) is 31.5 Å². The van der Waals surface area contributed by atoms with Crippen molar-refractivity contribution in [1.82, 2.24) is 4.90 Å². The fraction of sp³-hybridized carbons (Fsp3) is 0.400. The van der Waals surface area contributed by atoms with Crippen molar-refractivity contribution in [1.29, 1.82) is 0 Å². The molecule has 0 aromatic heterocycles. The molecule has 1 unspecified atom stereocenters. The zero-order valence-corrected chi connectivity index (χ0v) is 15.7. The minimum atomic E-state index is -0.130. The second-order valence-corrected chi connectivity index (χ2v) is 5.40. The van der Waals surface area contributed by atoms with Crippen LogP contribution in [-0.4, -0.2) is 22.2 Å². The van der Waals surface area contributed by atoms with E-state index in [1.165, 1.54) is 5.56 Å². The summed E-state index contributed by atoms with van der Waals surface area (Å²) in [6.07, 6.45) is 4.97. The van der Waals surface area contributed by atoms with Crippen LogP contribution < -0.4 is 0 Å². The summed E-state index contributed by atoms with van der Waals surface area (Å²) in [5, 5.41) is 0. The van der Waals surface area contributed by atoms with E-state index in [9.17, 15) is 4.79 Å². The molecule has 2 rings (SSSR count). The molecule has 1 aromatic carbocycles. The second kappa shape index (κ2) is 7.71. The number of hydrogen-bond donors (Lipinski definition) is 0. The maximum absolute atomic E-state index is 12.2. The average molecular weight is 396 g/mol. The molecule has 0 saturated heterocycles. The minimum Gasteiger partial charge on any atom is -0.347 e. The van der Waals surface area contributed by atoms with Gasteiger partial charge in [0, 0.05) is 39.3 Å². The molecule has 0 aliphatic carbocycles. The van der Waals surface area contributed by atoms with Crippen LogP contribution in [0, 0.1) is 6.08 Å². The number of alkyl halides is 1. The third-order valence-electron chi connectivity index (χ3n) is 3.22. The first-order valence-electron chi connectivity index (χ1n) is 6.33. The zero-order valence-electron chi connectivity index (χ0n) is 11.3. The molecule has 1 aliphatic rings. The molecule has 2 nitrogen and oxygen atoms in total. The topological polar surface area (TPSA) is 20.3 Å². The van der Waals surface area contributed by atoms with Gasteiger partial charge in [0.2, 0.25) is 5.91 Å². The summed E-state index contributed by atoms with van der Waals surface area (Å²) in [4.78, 5) is 13.8. The molecule has 1 atom stereocenters. The van der Waals surface area contributed by atoms with Crippen LogP contribution in [0.3, 0.4) is 0 Å². The van der Waals surface area contributed by atoms with Crippen molar-refractivity contribution in [2.75, 3.05) is 6.54 Å². The first kappa shape index (κ1) is 17.1. The number of carbonyl (C=O) groups excluding carboxylic acids is 1. The maximum atomic E-state index is 12.2. The summed E-state index contributed by atoms with van der Waals surface area (Å²) in [7, 11) is 0. The fourth-order valence-electron chi connectivity index (χ4n) is 2.26. The van der Waals surface area contributed by atoms with Gasteiger partial charge < -0.3 is 4.90 Å². The van der Waals surface area contributed by atoms with E-state index in [0.717, 1.165) is 17.7 Å². The Hall–Kier alpha value is 0.0139. The van der Waals surface area contributed by atoms with E-state index in [1.54, 1.807) is 0 Å². The van der Waals surface area contributed by atoms with Crippen molar-refractivity contribution in [3.8, 4) is 0 Å². The quantitative estimate of drug-likeness (QED) is 0.567. The van der Waals surface area contributed by atoms with Gasteiger partial charge >= 0.3 is 0 Å². The van der Waals surface area contributed by atoms with Gasteiger partial charge in [0.1, 0.15) is 0 Å². The molecule has 1 aliphatic heterocycles. The molecule has 0 fully saturated rings. The van der Waals surface area contributed by atoms with Gasteiger partial charge in [-0.05, 0) is 13.3 Å². The van der Waals surface area contributed by atoms with E-state index in [4.69, 9.17) is 0 Å². The Bertz CT molecular complexity index is 487. The van der Waals surface area contributed by atoms with Gasteiger partial charge in [0.15, 0.2) is 0 Å². The average Bonchev–Trinajstić information content (AvgIpc) is 2.41. The van der Waals surface area contributed by atoms with Crippen LogP contribution in [0.2, 0.25) is 0 Å². The van der Waals surface area contributed by atoms with Gasteiger partial charge in [0.25, 0.3) is 0 Å². The molecule has 19 heavy (non-hydrogen) atoms. The molecule has 0 bridgehead atoms. The number of amides is 1. The van der Waals surface area contributed by atoms with Crippen LogP contribution in [0.4, 0.5) is 0 Å². The number of nitrogens with zero attached hydrogens (tertiary/aromatic N) is 1. The molecule has 1 heterocycles. The molecule has 0 spiro atoms. The molecule has 0 saturated carbocycles. The summed E-state index contributed by atoms with van der Waals surface area (Å²) >= 11 is 3.40. The minimum absolute atomic E-state index is 0. The normalized spacial score (nSPS) is 18.9. The Morgan fingerprint density at radius 3 is 2.68 bits per heavy atom. The number of benzene rings is 1. The van der Waals surface area contributed by atoms with Gasteiger partial charge in [-0.1, -0.05) is 47.5 Å². The summed E-state index contributed by atoms with van der Waals surface area (Å²) in [5.74, 6) is 0.136. The molecule has 4 heteroatoms. The van der Waals surface area contributed by atoms with Crippen LogP contribution >= 0.6 is 15.9 Å². The van der Waals surface area contributed by atoms with Crippen LogP contribution in [0.5, 0.6) is 0 Å². The Labute approximate surface area is 148 Å². The third kappa shape index (κ3) is 3.56. The fourth-order valence-corrected chi connectivity index (χ4v) is 2.67. The van der Waals surface area contributed by atoms with Crippen molar-refractivity contribution in [3.63, 3.8) is 0 Å². The molecular weight excluding hydrogens is 379 g/mol. The number of carbonyl (C=O) groups is 1. The Morgan fingerprint density at radius 1 is 1.37 bits per heavy atom. The van der Waals surface area contributed by atoms with Gasteiger partial charge in [-0.3, -0.25) is 4.79 Å². The molecule has 99 valence electrons. The van der Waals surface area contributed by atoms with E-state index in [-0.39, 0.29) is 43.4 Å². The number of halogens is 1. The standard InChI is InChI=1S/C15H17BrNO.Y/c1-3-11-7-5-6-8-12(11)14-10-9-13(16)15(18)17(14)4-2;/h5-8,13H,3-4,9H2,1-2H3;/q-1;. The second-order valence-electron chi connectivity index (χ2n) is 4.29. The van der Waals surface area contributed by atoms with Crippen LogP contribution in [0.25, 0.3) is 5.70 Å². The van der Waals surface area contributed by atoms with Gasteiger partial charge in [-0.25, -0.2) is 6.08 Å². The van der Waals surface area contributed by atoms with Crippen LogP contribution in [-0.2, 0) is 43.9 Å². The predicted molar refractivity (Wildman–Crippen MR) is 77.2 cm³/mol. The van der Waals surface area contributed by atoms with E-state index >= 15 is 0 Å². The number of allylic oxidation sites excluding steroid dienone is 1. The molecule has 1 amide bonds. The Kier molecular flexibility index (Phi) is 6.92. The van der Waals surface area contributed by atoms with E-state index < -0.39 is 0 Å². The summed E-state index contributed by atoms with van der Waals surface area (Å²) in [6.45, 7) is 4.81. The number of aryl methyl sites for hydroxylation is 1. The largest absolute Gasteiger partial charge is 0.347 e. The van der Waals surface area contributed by atoms with Gasteiger partial charge in [-0.2, -0.15) is 0 Å².